The molecule has 0 aliphatic rings. The van der Waals surface area contributed by atoms with Crippen LogP contribution >= 0.6 is 0 Å². The molecule has 3 aromatic heterocycles. The van der Waals surface area contributed by atoms with E-state index < -0.39 is 51.2 Å². The molecule has 0 saturated carbocycles. The van der Waals surface area contributed by atoms with E-state index in [1.807, 2.05) is 4.72 Å². The predicted octanol–water partition coefficient (Wildman–Crippen LogP) is 4.87. The molecular formula is C24H18F5N3O4S. The van der Waals surface area contributed by atoms with Crippen LogP contribution in [-0.4, -0.2) is 36.9 Å². The van der Waals surface area contributed by atoms with Crippen LogP contribution in [0.25, 0.3) is 22.2 Å². The highest BCUT2D eigenvalue weighted by atomic mass is 32.2. The van der Waals surface area contributed by atoms with Crippen LogP contribution in [0, 0.1) is 5.82 Å². The van der Waals surface area contributed by atoms with Crippen molar-refractivity contribution in [3.05, 3.63) is 78.0 Å². The van der Waals surface area contributed by atoms with Gasteiger partial charge in [-0.05, 0) is 48.9 Å². The van der Waals surface area contributed by atoms with Crippen molar-refractivity contribution >= 4 is 26.8 Å². The predicted molar refractivity (Wildman–Crippen MR) is 122 cm³/mol. The quantitative estimate of drug-likeness (QED) is 0.305. The van der Waals surface area contributed by atoms with Crippen molar-refractivity contribution in [1.82, 2.24) is 14.7 Å². The SMILES string of the molecule is O=C(CCc1cc(-c2ccc(C(F)(F)F)cn2)ccn1)C(CF)NS(=O)(=O)c1cc2cc(F)ccc2o1. The van der Waals surface area contributed by atoms with E-state index in [0.717, 1.165) is 24.3 Å². The molecule has 0 radical (unpaired) electrons. The second-order valence-corrected chi connectivity index (χ2v) is 9.65. The monoisotopic (exact) mass is 539 g/mol. The van der Waals surface area contributed by atoms with E-state index in [-0.39, 0.29) is 29.5 Å². The first kappa shape index (κ1) is 26.4. The maximum absolute atomic E-state index is 13.6. The number of nitrogens with zero attached hydrogens (tertiary/aromatic N) is 2. The number of ketones is 1. The number of hydrogen-bond donors (Lipinski definition) is 1. The van der Waals surface area contributed by atoms with E-state index in [1.165, 1.54) is 30.5 Å². The standard InChI is InChI=1S/C24H18F5N3O4S/c25-12-20(32-37(34,35)23-11-15-9-17(26)2-6-22(15)36-23)21(33)5-3-18-10-14(7-8-30-18)19-4-1-16(13-31-19)24(27,28)29/h1-2,4,6-11,13,20,32H,3,5,12H2. The molecule has 1 N–H and O–H groups in total. The van der Waals surface area contributed by atoms with Gasteiger partial charge in [0, 0.05) is 41.5 Å². The minimum Gasteiger partial charge on any atom is -0.443 e. The van der Waals surface area contributed by atoms with Gasteiger partial charge in [-0.2, -0.15) is 17.9 Å². The molecule has 7 nitrogen and oxygen atoms in total. The molecule has 194 valence electrons. The lowest BCUT2D eigenvalue weighted by Crippen LogP contribution is -2.42. The number of aryl methyl sites for hydroxylation is 1. The number of nitrogens with one attached hydrogen (secondary N) is 1. The zero-order valence-corrected chi connectivity index (χ0v) is 19.6. The van der Waals surface area contributed by atoms with Crippen molar-refractivity contribution in [3.8, 4) is 11.3 Å². The van der Waals surface area contributed by atoms with Crippen LogP contribution in [0.1, 0.15) is 17.7 Å². The van der Waals surface area contributed by atoms with Gasteiger partial charge in [0.15, 0.2) is 5.78 Å². The van der Waals surface area contributed by atoms with Gasteiger partial charge in [0.05, 0.1) is 11.3 Å². The van der Waals surface area contributed by atoms with Crippen LogP contribution in [0.15, 0.2) is 70.4 Å². The Bertz CT molecular complexity index is 1540. The fourth-order valence-electron chi connectivity index (χ4n) is 3.48. The summed E-state index contributed by atoms with van der Waals surface area (Å²) in [5.41, 5.74) is 0.273. The highest BCUT2D eigenvalue weighted by Gasteiger charge is 2.31. The number of benzene rings is 1. The number of pyridine rings is 2. The smallest absolute Gasteiger partial charge is 0.417 e. The number of fused-ring (bicyclic) bond motifs is 1. The Hall–Kier alpha value is -3.71. The lowest BCUT2D eigenvalue weighted by molar-refractivity contribution is -0.137. The summed E-state index contributed by atoms with van der Waals surface area (Å²) in [6.07, 6.45) is -2.70. The van der Waals surface area contributed by atoms with Crippen LogP contribution in [0.3, 0.4) is 0 Å². The van der Waals surface area contributed by atoms with Gasteiger partial charge in [-0.1, -0.05) is 0 Å². The fourth-order valence-corrected chi connectivity index (χ4v) is 4.65. The molecule has 1 atom stereocenters. The summed E-state index contributed by atoms with van der Waals surface area (Å²) in [5.74, 6) is -1.36. The summed E-state index contributed by atoms with van der Waals surface area (Å²) in [5, 5.41) is -0.422. The van der Waals surface area contributed by atoms with Gasteiger partial charge < -0.3 is 4.42 Å². The third kappa shape index (κ3) is 6.17. The molecule has 4 rings (SSSR count). The maximum Gasteiger partial charge on any atom is 0.417 e. The van der Waals surface area contributed by atoms with Crippen LogP contribution in [0.2, 0.25) is 0 Å². The third-order valence-corrected chi connectivity index (χ3v) is 6.72. The largest absolute Gasteiger partial charge is 0.443 e. The molecule has 0 saturated heterocycles. The van der Waals surface area contributed by atoms with Crippen molar-refractivity contribution < 1.29 is 39.6 Å². The van der Waals surface area contributed by atoms with Crippen molar-refractivity contribution in [1.29, 1.82) is 0 Å². The molecular weight excluding hydrogens is 521 g/mol. The zero-order valence-electron chi connectivity index (χ0n) is 18.8. The Morgan fingerprint density at radius 1 is 1.05 bits per heavy atom. The second kappa shape index (κ2) is 10.3. The van der Waals surface area contributed by atoms with E-state index in [9.17, 15) is 35.2 Å². The number of carbonyl (C=O) groups is 1. The molecule has 4 aromatic rings. The van der Waals surface area contributed by atoms with E-state index in [0.29, 0.717) is 17.5 Å². The van der Waals surface area contributed by atoms with Crippen LogP contribution in [0.4, 0.5) is 22.0 Å². The van der Waals surface area contributed by atoms with Gasteiger partial charge in [-0.3, -0.25) is 14.8 Å². The number of carbonyl (C=O) groups excluding carboxylic acids is 1. The number of rotatable bonds is 9. The molecule has 13 heteroatoms. The Labute approximate surface area is 207 Å². The van der Waals surface area contributed by atoms with Crippen LogP contribution in [0.5, 0.6) is 0 Å². The normalized spacial score (nSPS) is 13.1. The Balaban J connectivity index is 1.42. The highest BCUT2D eigenvalue weighted by molar-refractivity contribution is 7.89. The maximum atomic E-state index is 13.6. The number of hydrogen-bond acceptors (Lipinski definition) is 6. The number of aromatic nitrogens is 2. The summed E-state index contributed by atoms with van der Waals surface area (Å²) in [6, 6.07) is 7.89. The molecule has 1 unspecified atom stereocenters. The summed E-state index contributed by atoms with van der Waals surface area (Å²) in [4.78, 5) is 20.5. The molecule has 3 heterocycles. The molecule has 0 fully saturated rings. The minimum absolute atomic E-state index is 0.00938. The number of sulfonamides is 1. The first-order valence-electron chi connectivity index (χ1n) is 10.7. The molecule has 1 aromatic carbocycles. The number of furan rings is 1. The average Bonchev–Trinajstić information content (AvgIpc) is 3.30. The summed E-state index contributed by atoms with van der Waals surface area (Å²) >= 11 is 0. The Morgan fingerprint density at radius 2 is 1.84 bits per heavy atom. The van der Waals surface area contributed by atoms with Crippen LogP contribution < -0.4 is 4.72 Å². The van der Waals surface area contributed by atoms with Gasteiger partial charge in [0.25, 0.3) is 10.0 Å². The van der Waals surface area contributed by atoms with Crippen LogP contribution in [-0.2, 0) is 27.4 Å². The lowest BCUT2D eigenvalue weighted by Gasteiger charge is -2.13. The zero-order chi connectivity index (χ0) is 26.8. The average molecular weight is 539 g/mol. The van der Waals surface area contributed by atoms with Crippen molar-refractivity contribution in [2.24, 2.45) is 0 Å². The van der Waals surface area contributed by atoms with E-state index in [4.69, 9.17) is 4.42 Å². The van der Waals surface area contributed by atoms with Gasteiger partial charge in [-0.15, -0.1) is 0 Å². The third-order valence-electron chi connectivity index (χ3n) is 5.39. The molecule has 0 aliphatic carbocycles. The number of halogens is 5. The Kier molecular flexibility index (Phi) is 7.37. The van der Waals surface area contributed by atoms with E-state index in [1.54, 1.807) is 0 Å². The van der Waals surface area contributed by atoms with Crippen molar-refractivity contribution in [3.63, 3.8) is 0 Å². The first-order valence-corrected chi connectivity index (χ1v) is 12.2. The number of alkyl halides is 4. The minimum atomic E-state index is -4.52. The lowest BCUT2D eigenvalue weighted by atomic mass is 10.1. The molecule has 0 amide bonds. The van der Waals surface area contributed by atoms with E-state index >= 15 is 0 Å². The summed E-state index contributed by atoms with van der Waals surface area (Å²) in [7, 11) is -4.44. The molecule has 0 bridgehead atoms. The van der Waals surface area contributed by atoms with E-state index in [2.05, 4.69) is 9.97 Å². The fraction of sp³-hybridized carbons (Fsp3) is 0.208. The molecule has 37 heavy (non-hydrogen) atoms. The van der Waals surface area contributed by atoms with Gasteiger partial charge in [0.2, 0.25) is 5.09 Å². The number of Topliss-reactive ketones (excluding diaryl/α,β-unsaturated/α-hetero) is 1. The topological polar surface area (TPSA) is 102 Å². The highest BCUT2D eigenvalue weighted by Crippen LogP contribution is 2.30. The molecule has 0 aliphatic heterocycles. The second-order valence-electron chi connectivity index (χ2n) is 8.01. The van der Waals surface area contributed by atoms with Gasteiger partial charge >= 0.3 is 6.18 Å². The summed E-state index contributed by atoms with van der Waals surface area (Å²) < 4.78 is 97.6. The summed E-state index contributed by atoms with van der Waals surface area (Å²) in [6.45, 7) is -1.32. The first-order chi connectivity index (χ1) is 17.5. The van der Waals surface area contributed by atoms with Gasteiger partial charge in [0.1, 0.15) is 24.1 Å². The van der Waals surface area contributed by atoms with Gasteiger partial charge in [-0.25, -0.2) is 17.2 Å². The van der Waals surface area contributed by atoms with Crippen molar-refractivity contribution in [2.75, 3.05) is 6.67 Å². The molecule has 0 spiro atoms. The Morgan fingerprint density at radius 3 is 2.51 bits per heavy atom. The van der Waals surface area contributed by atoms with Crippen molar-refractivity contribution in [2.45, 2.75) is 30.2 Å².